The number of carbonyl (C=O) groups is 1. The molecule has 0 unspecified atom stereocenters. The van der Waals surface area contributed by atoms with Crippen LogP contribution in [0, 0.1) is 11.3 Å². The lowest BCUT2D eigenvalue weighted by Crippen LogP contribution is -2.48. The van der Waals surface area contributed by atoms with Crippen molar-refractivity contribution in [3.63, 3.8) is 0 Å². The van der Waals surface area contributed by atoms with Gasteiger partial charge in [-0.1, -0.05) is 18.5 Å². The molecule has 1 aliphatic carbocycles. The van der Waals surface area contributed by atoms with Gasteiger partial charge in [-0.15, -0.1) is 0 Å². The Morgan fingerprint density at radius 1 is 1.08 bits per heavy atom. The zero-order valence-corrected chi connectivity index (χ0v) is 21.3. The van der Waals surface area contributed by atoms with E-state index in [0.29, 0.717) is 23.2 Å². The molecule has 9 heteroatoms. The number of nitrogens with one attached hydrogen (secondary N) is 2. The lowest BCUT2D eigenvalue weighted by Gasteiger charge is -2.40. The summed E-state index contributed by atoms with van der Waals surface area (Å²) < 4.78 is 39.4. The summed E-state index contributed by atoms with van der Waals surface area (Å²) in [5, 5.41) is 7.13. The second-order valence-electron chi connectivity index (χ2n) is 10.4. The Labute approximate surface area is 215 Å². The summed E-state index contributed by atoms with van der Waals surface area (Å²) in [5.74, 6) is 0.488. The number of rotatable bonds is 6. The van der Waals surface area contributed by atoms with Crippen LogP contribution in [0.3, 0.4) is 0 Å². The minimum atomic E-state index is -4.47. The van der Waals surface area contributed by atoms with Crippen LogP contribution < -0.4 is 21.3 Å². The molecule has 5 nitrogen and oxygen atoms in total. The van der Waals surface area contributed by atoms with Crippen LogP contribution in [0.4, 0.5) is 30.2 Å². The third kappa shape index (κ3) is 6.38. The standard InChI is InChI=1S/C27H34ClF3N4O/c1-26(12-14-35(15-13-26)22-9-4-19(28)5-10-22)25(36)33-17-18-2-6-20(7-3-18)34-21-8-11-24(32)23(16-21)27(29,30)31/h4-5,8-11,16,18,20,34H,2-3,6-7,12-15,17,32H2,1H3,(H,33,36). The first-order chi connectivity index (χ1) is 17.0. The van der Waals surface area contributed by atoms with Gasteiger partial charge in [0.15, 0.2) is 0 Å². The quantitative estimate of drug-likeness (QED) is 0.387. The summed E-state index contributed by atoms with van der Waals surface area (Å²) in [6.07, 6.45) is 0.638. The number of benzene rings is 2. The van der Waals surface area contributed by atoms with E-state index in [0.717, 1.165) is 63.4 Å². The second kappa shape index (κ2) is 10.8. The first kappa shape index (κ1) is 26.5. The van der Waals surface area contributed by atoms with Crippen LogP contribution in [0.5, 0.6) is 0 Å². The molecule has 1 saturated carbocycles. The maximum absolute atomic E-state index is 13.1. The highest BCUT2D eigenvalue weighted by Gasteiger charge is 2.37. The number of nitrogens with two attached hydrogens (primary N) is 1. The van der Waals surface area contributed by atoms with Crippen LogP contribution in [-0.2, 0) is 11.0 Å². The molecular formula is C27H34ClF3N4O. The number of nitrogen functional groups attached to an aromatic ring is 1. The predicted octanol–water partition coefficient (Wildman–Crippen LogP) is 6.33. The number of hydrogen-bond acceptors (Lipinski definition) is 4. The molecule has 1 saturated heterocycles. The zero-order chi connectivity index (χ0) is 25.9. The third-order valence-electron chi connectivity index (χ3n) is 7.73. The van der Waals surface area contributed by atoms with Crippen molar-refractivity contribution in [2.75, 3.05) is 35.6 Å². The minimum Gasteiger partial charge on any atom is -0.398 e. The van der Waals surface area contributed by atoms with Gasteiger partial charge in [0.25, 0.3) is 0 Å². The molecule has 0 spiro atoms. The van der Waals surface area contributed by atoms with Crippen molar-refractivity contribution in [3.8, 4) is 0 Å². The lowest BCUT2D eigenvalue weighted by molar-refractivity contribution is -0.137. The van der Waals surface area contributed by atoms with Crippen molar-refractivity contribution in [1.82, 2.24) is 5.32 Å². The number of anilines is 3. The largest absolute Gasteiger partial charge is 0.418 e. The Morgan fingerprint density at radius 2 is 1.72 bits per heavy atom. The average Bonchev–Trinajstić information content (AvgIpc) is 2.85. The fourth-order valence-corrected chi connectivity index (χ4v) is 5.35. The smallest absolute Gasteiger partial charge is 0.398 e. The van der Waals surface area contributed by atoms with Crippen molar-refractivity contribution in [2.24, 2.45) is 11.3 Å². The molecule has 2 fully saturated rings. The van der Waals surface area contributed by atoms with Crippen molar-refractivity contribution < 1.29 is 18.0 Å². The highest BCUT2D eigenvalue weighted by molar-refractivity contribution is 6.30. The molecule has 0 bridgehead atoms. The van der Waals surface area contributed by atoms with E-state index in [1.165, 1.54) is 6.07 Å². The van der Waals surface area contributed by atoms with E-state index in [-0.39, 0.29) is 23.1 Å². The number of amides is 1. The normalized spacial score (nSPS) is 22.2. The van der Waals surface area contributed by atoms with Gasteiger partial charge in [0.05, 0.1) is 5.56 Å². The van der Waals surface area contributed by atoms with Crippen LogP contribution in [0.25, 0.3) is 0 Å². The van der Waals surface area contributed by atoms with Gasteiger partial charge < -0.3 is 21.3 Å². The van der Waals surface area contributed by atoms with Crippen LogP contribution >= 0.6 is 11.6 Å². The highest BCUT2D eigenvalue weighted by atomic mass is 35.5. The van der Waals surface area contributed by atoms with Crippen LogP contribution in [0.1, 0.15) is 51.0 Å². The number of hydrogen-bond donors (Lipinski definition) is 3. The van der Waals surface area contributed by atoms with Gasteiger partial charge in [-0.25, -0.2) is 0 Å². The molecule has 0 radical (unpaired) electrons. The monoisotopic (exact) mass is 522 g/mol. The van der Waals surface area contributed by atoms with E-state index in [1.807, 2.05) is 31.2 Å². The van der Waals surface area contributed by atoms with Crippen molar-refractivity contribution in [2.45, 2.75) is 57.7 Å². The molecule has 1 amide bonds. The van der Waals surface area contributed by atoms with E-state index < -0.39 is 11.7 Å². The number of piperidine rings is 1. The third-order valence-corrected chi connectivity index (χ3v) is 7.99. The molecular weight excluding hydrogens is 489 g/mol. The Bertz CT molecular complexity index is 1040. The SMILES string of the molecule is CC1(C(=O)NCC2CCC(Nc3ccc(N)c(C(F)(F)F)c3)CC2)CCN(c2ccc(Cl)cc2)CC1. The van der Waals surface area contributed by atoms with E-state index in [4.69, 9.17) is 17.3 Å². The number of halogens is 4. The summed E-state index contributed by atoms with van der Waals surface area (Å²) in [6, 6.07) is 11.9. The molecule has 4 rings (SSSR count). The zero-order valence-electron chi connectivity index (χ0n) is 20.5. The first-order valence-corrected chi connectivity index (χ1v) is 12.9. The van der Waals surface area contributed by atoms with Crippen molar-refractivity contribution >= 4 is 34.6 Å². The van der Waals surface area contributed by atoms with Gasteiger partial charge in [0.2, 0.25) is 5.91 Å². The van der Waals surface area contributed by atoms with Crippen LogP contribution in [-0.4, -0.2) is 31.6 Å². The molecule has 36 heavy (non-hydrogen) atoms. The average molecular weight is 523 g/mol. The molecule has 2 aromatic carbocycles. The fraction of sp³-hybridized carbons (Fsp3) is 0.519. The van der Waals surface area contributed by atoms with E-state index >= 15 is 0 Å². The summed E-state index contributed by atoms with van der Waals surface area (Å²) in [6.45, 7) is 4.33. The van der Waals surface area contributed by atoms with Gasteiger partial charge in [0, 0.05) is 53.2 Å². The highest BCUT2D eigenvalue weighted by Crippen LogP contribution is 2.37. The topological polar surface area (TPSA) is 70.4 Å². The van der Waals surface area contributed by atoms with E-state index in [2.05, 4.69) is 15.5 Å². The minimum absolute atomic E-state index is 0.108. The molecule has 1 heterocycles. The molecule has 2 aromatic rings. The summed E-state index contributed by atoms with van der Waals surface area (Å²) in [4.78, 5) is 15.3. The van der Waals surface area contributed by atoms with Gasteiger partial charge in [-0.3, -0.25) is 4.79 Å². The molecule has 2 aliphatic rings. The van der Waals surface area contributed by atoms with Crippen molar-refractivity contribution in [1.29, 1.82) is 0 Å². The van der Waals surface area contributed by atoms with Gasteiger partial charge >= 0.3 is 6.18 Å². The summed E-state index contributed by atoms with van der Waals surface area (Å²) in [5.41, 5.74) is 5.60. The molecule has 0 aromatic heterocycles. The van der Waals surface area contributed by atoms with E-state index in [9.17, 15) is 18.0 Å². The Kier molecular flexibility index (Phi) is 7.93. The number of alkyl halides is 3. The van der Waals surface area contributed by atoms with E-state index in [1.54, 1.807) is 6.07 Å². The molecule has 0 atom stereocenters. The lowest BCUT2D eigenvalue weighted by atomic mass is 9.79. The maximum Gasteiger partial charge on any atom is 0.418 e. The first-order valence-electron chi connectivity index (χ1n) is 12.6. The Morgan fingerprint density at radius 3 is 2.33 bits per heavy atom. The summed E-state index contributed by atoms with van der Waals surface area (Å²) in [7, 11) is 0. The van der Waals surface area contributed by atoms with Crippen LogP contribution in [0.2, 0.25) is 5.02 Å². The van der Waals surface area contributed by atoms with Gasteiger partial charge in [0.1, 0.15) is 0 Å². The summed E-state index contributed by atoms with van der Waals surface area (Å²) >= 11 is 5.99. The number of carbonyl (C=O) groups excluding carboxylic acids is 1. The fourth-order valence-electron chi connectivity index (χ4n) is 5.23. The predicted molar refractivity (Wildman–Crippen MR) is 139 cm³/mol. The second-order valence-corrected chi connectivity index (χ2v) is 10.8. The molecule has 1 aliphatic heterocycles. The number of nitrogens with zero attached hydrogens (tertiary/aromatic N) is 1. The molecule has 196 valence electrons. The van der Waals surface area contributed by atoms with Gasteiger partial charge in [-0.05, 0) is 86.9 Å². The van der Waals surface area contributed by atoms with Gasteiger partial charge in [-0.2, -0.15) is 13.2 Å². The Hall–Kier alpha value is -2.61. The maximum atomic E-state index is 13.1. The van der Waals surface area contributed by atoms with Crippen molar-refractivity contribution in [3.05, 3.63) is 53.1 Å². The van der Waals surface area contributed by atoms with Crippen LogP contribution in [0.15, 0.2) is 42.5 Å². The molecule has 4 N–H and O–H groups in total. The Balaban J connectivity index is 1.21.